The van der Waals surface area contributed by atoms with Crippen LogP contribution in [0.25, 0.3) is 11.5 Å². The van der Waals surface area contributed by atoms with Crippen LogP contribution in [-0.4, -0.2) is 64.9 Å². The fourth-order valence-electron chi connectivity index (χ4n) is 6.70. The van der Waals surface area contributed by atoms with Gasteiger partial charge in [-0.1, -0.05) is 48.8 Å². The van der Waals surface area contributed by atoms with Crippen molar-refractivity contribution < 1.29 is 14.2 Å². The molecule has 19 nitrogen and oxygen atoms in total. The van der Waals surface area contributed by atoms with Crippen molar-refractivity contribution in [1.29, 1.82) is 10.5 Å². The summed E-state index contributed by atoms with van der Waals surface area (Å²) >= 11 is 0. The maximum absolute atomic E-state index is 12.4. The van der Waals surface area contributed by atoms with E-state index in [-0.39, 0.29) is 22.8 Å². The molecule has 0 radical (unpaired) electrons. The van der Waals surface area contributed by atoms with Gasteiger partial charge in [0, 0.05) is 37.6 Å². The highest BCUT2D eigenvalue weighted by Gasteiger charge is 2.20. The number of anilines is 6. The predicted octanol–water partition coefficient (Wildman–Crippen LogP) is 6.77. The lowest BCUT2D eigenvalue weighted by Crippen LogP contribution is -2.19. The average Bonchev–Trinajstić information content (AvgIpc) is 3.71. The minimum atomic E-state index is -0.650. The zero-order chi connectivity index (χ0) is 41.4. The maximum Gasteiger partial charge on any atom is 0.369 e. The van der Waals surface area contributed by atoms with Crippen LogP contribution in [0.1, 0.15) is 98.7 Å². The quantitative estimate of drug-likeness (QED) is 0.0356. The molecule has 5 heterocycles. The molecule has 2 aliphatic carbocycles. The summed E-state index contributed by atoms with van der Waals surface area (Å²) in [5.74, 6) is 3.74. The molecular weight excluding hydrogens is 753 g/mol. The fraction of sp³-hybridized carbons (Fsp3) is 0.400. The Morgan fingerprint density at radius 1 is 0.763 bits per heavy atom. The van der Waals surface area contributed by atoms with E-state index in [1.807, 2.05) is 18.2 Å². The van der Waals surface area contributed by atoms with Crippen molar-refractivity contribution in [3.8, 4) is 23.6 Å². The van der Waals surface area contributed by atoms with E-state index >= 15 is 0 Å². The van der Waals surface area contributed by atoms with Gasteiger partial charge >= 0.3 is 5.97 Å². The lowest BCUT2D eigenvalue weighted by atomic mass is 9.89. The Balaban J connectivity index is 0.000000198. The molecule has 2 fully saturated rings. The number of hydrogen-bond donors (Lipinski definition) is 5. The molecule has 7 rings (SSSR count). The van der Waals surface area contributed by atoms with Crippen LogP contribution in [0.5, 0.6) is 0 Å². The van der Waals surface area contributed by atoms with Crippen molar-refractivity contribution in [1.82, 2.24) is 40.0 Å². The number of nitriles is 2. The van der Waals surface area contributed by atoms with Crippen molar-refractivity contribution >= 4 is 46.5 Å². The molecule has 304 valence electrons. The van der Waals surface area contributed by atoms with Crippen LogP contribution in [0, 0.1) is 41.4 Å². The average molecular weight is 799 g/mol. The van der Waals surface area contributed by atoms with Crippen molar-refractivity contribution in [2.75, 3.05) is 34.4 Å². The number of oxime groups is 1. The SMILES string of the molecule is C/C(N)=N\OC(=O)c1cnc(Nc2cnc(C#N)cn2)cc1NCC1CCCCC1.Cc1noc(-c2cnc(Nc3cnc(C#N)cn3)cc2NCC2CCCCC2)n1. The van der Waals surface area contributed by atoms with Gasteiger partial charge in [-0.3, -0.25) is 0 Å². The van der Waals surface area contributed by atoms with Crippen molar-refractivity contribution in [2.45, 2.75) is 78.1 Å². The van der Waals surface area contributed by atoms with Crippen LogP contribution in [-0.2, 0) is 4.84 Å². The van der Waals surface area contributed by atoms with Crippen LogP contribution in [0.15, 0.2) is 59.0 Å². The van der Waals surface area contributed by atoms with Gasteiger partial charge in [-0.05, 0) is 51.4 Å². The zero-order valence-electron chi connectivity index (χ0n) is 33.0. The van der Waals surface area contributed by atoms with E-state index < -0.39 is 5.97 Å². The molecule has 2 aliphatic rings. The van der Waals surface area contributed by atoms with Gasteiger partial charge < -0.3 is 36.4 Å². The topological polar surface area (TPSA) is 277 Å². The Bertz CT molecular complexity index is 2270. The number of carbonyl (C=O) groups is 1. The highest BCUT2D eigenvalue weighted by Crippen LogP contribution is 2.31. The number of nitrogens with two attached hydrogens (primary N) is 1. The van der Waals surface area contributed by atoms with Gasteiger partial charge in [0.15, 0.2) is 17.2 Å². The number of pyridine rings is 2. The summed E-state index contributed by atoms with van der Waals surface area (Å²) in [5, 5.41) is 38.1. The van der Waals surface area contributed by atoms with E-state index in [4.69, 9.17) is 25.6 Å². The van der Waals surface area contributed by atoms with Crippen LogP contribution in [0.4, 0.5) is 34.6 Å². The van der Waals surface area contributed by atoms with Crippen LogP contribution in [0.2, 0.25) is 0 Å². The molecule has 59 heavy (non-hydrogen) atoms. The van der Waals surface area contributed by atoms with E-state index in [1.54, 1.807) is 19.2 Å². The Hall–Kier alpha value is -7.28. The van der Waals surface area contributed by atoms with Gasteiger partial charge in [0.05, 0.1) is 41.7 Å². The van der Waals surface area contributed by atoms with E-state index in [9.17, 15) is 4.79 Å². The van der Waals surface area contributed by atoms with Crippen LogP contribution >= 0.6 is 0 Å². The number of hydrogen-bond acceptors (Lipinski definition) is 18. The number of nitrogens with zero attached hydrogens (tertiary/aromatic N) is 11. The molecule has 0 atom stereocenters. The third kappa shape index (κ3) is 12.4. The number of rotatable bonds is 13. The Morgan fingerprint density at radius 2 is 1.29 bits per heavy atom. The van der Waals surface area contributed by atoms with Crippen LogP contribution < -0.4 is 27.0 Å². The van der Waals surface area contributed by atoms with E-state index in [0.717, 1.165) is 24.3 Å². The Labute approximate surface area is 341 Å². The van der Waals surface area contributed by atoms with Gasteiger partial charge in [0.2, 0.25) is 0 Å². The van der Waals surface area contributed by atoms with Crippen molar-refractivity contribution in [3.63, 3.8) is 0 Å². The highest BCUT2D eigenvalue weighted by molar-refractivity contribution is 5.96. The maximum atomic E-state index is 12.4. The second-order valence-corrected chi connectivity index (χ2v) is 14.3. The van der Waals surface area contributed by atoms with Crippen molar-refractivity contribution in [3.05, 3.63) is 72.1 Å². The number of aromatic nitrogens is 8. The Kier molecular flexibility index (Phi) is 14.6. The van der Waals surface area contributed by atoms with E-state index in [2.05, 4.69) is 66.5 Å². The second kappa shape index (κ2) is 20.8. The molecule has 6 N–H and O–H groups in total. The lowest BCUT2D eigenvalue weighted by molar-refractivity contribution is 0.0516. The van der Waals surface area contributed by atoms with Crippen LogP contribution in [0.3, 0.4) is 0 Å². The first-order valence-corrected chi connectivity index (χ1v) is 19.5. The number of carbonyl (C=O) groups excluding carboxylic acids is 1. The molecule has 0 aliphatic heterocycles. The van der Waals surface area contributed by atoms with Gasteiger partial charge in [-0.2, -0.15) is 15.5 Å². The summed E-state index contributed by atoms with van der Waals surface area (Å²) in [7, 11) is 0. The van der Waals surface area contributed by atoms with E-state index in [0.29, 0.717) is 52.5 Å². The molecule has 19 heteroatoms. The highest BCUT2D eigenvalue weighted by atomic mass is 16.7. The Morgan fingerprint density at radius 3 is 1.78 bits per heavy atom. The smallest absolute Gasteiger partial charge is 0.369 e. The summed E-state index contributed by atoms with van der Waals surface area (Å²) in [6, 6.07) is 7.48. The molecule has 0 unspecified atom stereocenters. The number of aryl methyl sites for hydroxylation is 1. The molecular formula is C40H46N16O3. The predicted molar refractivity (Wildman–Crippen MR) is 219 cm³/mol. The number of amidine groups is 1. The summed E-state index contributed by atoms with van der Waals surface area (Å²) in [5.41, 5.74) is 8.40. The molecule has 0 bridgehead atoms. The third-order valence-corrected chi connectivity index (χ3v) is 9.72. The monoisotopic (exact) mass is 798 g/mol. The lowest BCUT2D eigenvalue weighted by Gasteiger charge is -2.23. The largest absolute Gasteiger partial charge is 0.385 e. The number of nitrogens with one attached hydrogen (secondary N) is 4. The molecule has 5 aromatic heterocycles. The third-order valence-electron chi connectivity index (χ3n) is 9.72. The van der Waals surface area contributed by atoms with Gasteiger partial charge in [0.1, 0.15) is 46.8 Å². The summed E-state index contributed by atoms with van der Waals surface area (Å²) in [4.78, 5) is 46.6. The van der Waals surface area contributed by atoms with Crippen molar-refractivity contribution in [2.24, 2.45) is 22.7 Å². The van der Waals surface area contributed by atoms with Gasteiger partial charge in [-0.25, -0.2) is 34.7 Å². The zero-order valence-corrected chi connectivity index (χ0v) is 33.0. The minimum Gasteiger partial charge on any atom is -0.385 e. The summed E-state index contributed by atoms with van der Waals surface area (Å²) < 4.78 is 5.35. The standard InChI is InChI=1S/C20H24N8O2.C20H22N8O/c1-13(22)28-30-20(29)16-11-26-18(27-19-12-23-15(8-21)10-25-19)7-17(16)24-9-14-5-3-2-4-6-14;1-13-26-20(29-28-13)16-11-25-18(27-19-12-22-15(8-21)10-24-19)7-17(16)23-9-14-5-3-2-4-6-14/h7,10-12,14H,2-6,9H2,1H3,(H2,22,28)(H2,24,25,26,27);7,10-12,14H,2-6,9H2,1H3,(H2,23,24,25,27). The molecule has 0 aromatic carbocycles. The summed E-state index contributed by atoms with van der Waals surface area (Å²) in [6.07, 6.45) is 21.3. The molecule has 0 amide bonds. The molecule has 0 saturated heterocycles. The normalized spacial score (nSPS) is 14.5. The molecule has 5 aromatic rings. The van der Waals surface area contributed by atoms with E-state index in [1.165, 1.54) is 102 Å². The fourth-order valence-corrected chi connectivity index (χ4v) is 6.70. The van der Waals surface area contributed by atoms with Gasteiger partial charge in [-0.15, -0.1) is 0 Å². The molecule has 2 saturated carbocycles. The first kappa shape index (κ1) is 41.4. The first-order chi connectivity index (χ1) is 28.8. The second-order valence-electron chi connectivity index (χ2n) is 14.3. The summed E-state index contributed by atoms with van der Waals surface area (Å²) in [6.45, 7) is 4.95. The minimum absolute atomic E-state index is 0.144. The van der Waals surface area contributed by atoms with Gasteiger partial charge in [0.25, 0.3) is 5.89 Å². The molecule has 0 spiro atoms. The first-order valence-electron chi connectivity index (χ1n) is 19.5.